The fraction of sp³-hybridized carbons (Fsp3) is 0.536. The molecule has 2 aliphatic rings. The van der Waals surface area contributed by atoms with Crippen LogP contribution in [0.3, 0.4) is 0 Å². The molecule has 10 heteroatoms. The number of nitrogens with zero attached hydrogens (tertiary/aromatic N) is 3. The number of aliphatic carboxylic acids is 1. The van der Waals surface area contributed by atoms with E-state index in [9.17, 15) is 18.3 Å². The van der Waals surface area contributed by atoms with Crippen molar-refractivity contribution in [2.24, 2.45) is 11.8 Å². The Labute approximate surface area is 226 Å². The first-order valence-electron chi connectivity index (χ1n) is 13.3. The van der Waals surface area contributed by atoms with E-state index in [2.05, 4.69) is 21.9 Å². The summed E-state index contributed by atoms with van der Waals surface area (Å²) in [5.41, 5.74) is 1.12. The molecular formula is C28H39N3O6S. The van der Waals surface area contributed by atoms with Gasteiger partial charge in [-0.1, -0.05) is 18.2 Å². The second kappa shape index (κ2) is 13.4. The number of morpholine rings is 1. The summed E-state index contributed by atoms with van der Waals surface area (Å²) < 4.78 is 39.1. The zero-order valence-corrected chi connectivity index (χ0v) is 22.9. The Bertz CT molecular complexity index is 1120. The molecule has 9 nitrogen and oxygen atoms in total. The number of ether oxygens (including phenoxy) is 2. The van der Waals surface area contributed by atoms with Crippen LogP contribution in [0.25, 0.3) is 0 Å². The maximum atomic E-state index is 13.4. The van der Waals surface area contributed by atoms with E-state index >= 15 is 0 Å². The molecule has 38 heavy (non-hydrogen) atoms. The molecule has 0 aromatic heterocycles. The van der Waals surface area contributed by atoms with Crippen molar-refractivity contribution in [1.82, 2.24) is 9.21 Å². The molecule has 2 unspecified atom stereocenters. The first-order valence-corrected chi connectivity index (χ1v) is 14.8. The molecule has 2 saturated heterocycles. The SMILES string of the molecule is COc1ccc(S(=O)(=O)N2CCC(CC(=O)O)C(CCN(CCN3CCOCC3)c3ccccc3)C2)cc1. The Balaban J connectivity index is 1.47. The topological polar surface area (TPSA) is 99.6 Å². The van der Waals surface area contributed by atoms with Gasteiger partial charge in [-0.15, -0.1) is 0 Å². The number of carboxylic acid groups (broad SMARTS) is 1. The summed E-state index contributed by atoms with van der Waals surface area (Å²) in [7, 11) is -2.15. The number of carboxylic acids is 1. The van der Waals surface area contributed by atoms with Gasteiger partial charge in [0.1, 0.15) is 5.75 Å². The van der Waals surface area contributed by atoms with Gasteiger partial charge in [0.15, 0.2) is 0 Å². The van der Waals surface area contributed by atoms with Gasteiger partial charge in [0, 0.05) is 57.9 Å². The van der Waals surface area contributed by atoms with E-state index in [1.165, 1.54) is 4.31 Å². The average molecular weight is 546 g/mol. The van der Waals surface area contributed by atoms with E-state index in [1.54, 1.807) is 31.4 Å². The third-order valence-electron chi connectivity index (χ3n) is 7.67. The van der Waals surface area contributed by atoms with E-state index < -0.39 is 16.0 Å². The van der Waals surface area contributed by atoms with E-state index in [4.69, 9.17) is 9.47 Å². The van der Waals surface area contributed by atoms with Crippen molar-refractivity contribution >= 4 is 21.7 Å². The molecule has 2 aromatic rings. The molecule has 208 valence electrons. The highest BCUT2D eigenvalue weighted by Crippen LogP contribution is 2.33. The molecule has 0 bridgehead atoms. The maximum Gasteiger partial charge on any atom is 0.303 e. The fourth-order valence-electron chi connectivity index (χ4n) is 5.40. The van der Waals surface area contributed by atoms with Crippen LogP contribution in [0.2, 0.25) is 0 Å². The summed E-state index contributed by atoms with van der Waals surface area (Å²) >= 11 is 0. The fourth-order valence-corrected chi connectivity index (χ4v) is 6.91. The van der Waals surface area contributed by atoms with Crippen LogP contribution < -0.4 is 9.64 Å². The minimum Gasteiger partial charge on any atom is -0.497 e. The first kappa shape index (κ1) is 28.4. The predicted octanol–water partition coefficient (Wildman–Crippen LogP) is 3.03. The third-order valence-corrected chi connectivity index (χ3v) is 9.55. The highest BCUT2D eigenvalue weighted by atomic mass is 32.2. The lowest BCUT2D eigenvalue weighted by atomic mass is 9.82. The van der Waals surface area contributed by atoms with Gasteiger partial charge < -0.3 is 19.5 Å². The molecule has 0 aliphatic carbocycles. The van der Waals surface area contributed by atoms with Gasteiger partial charge in [-0.05, 0) is 61.1 Å². The van der Waals surface area contributed by atoms with Crippen LogP contribution in [0.5, 0.6) is 5.75 Å². The van der Waals surface area contributed by atoms with Crippen LogP contribution in [0.15, 0.2) is 59.5 Å². The molecule has 2 aliphatic heterocycles. The molecule has 2 fully saturated rings. The lowest BCUT2D eigenvalue weighted by Gasteiger charge is -2.39. The summed E-state index contributed by atoms with van der Waals surface area (Å²) in [5.74, 6) is -0.354. The Hall–Kier alpha value is -2.66. The number of hydrogen-bond acceptors (Lipinski definition) is 7. The first-order chi connectivity index (χ1) is 18.4. The Morgan fingerprint density at radius 2 is 1.74 bits per heavy atom. The van der Waals surface area contributed by atoms with Crippen LogP contribution in [0, 0.1) is 11.8 Å². The maximum absolute atomic E-state index is 13.4. The Morgan fingerprint density at radius 1 is 1.03 bits per heavy atom. The lowest BCUT2D eigenvalue weighted by Crippen LogP contribution is -2.46. The summed E-state index contributed by atoms with van der Waals surface area (Å²) in [4.78, 5) is 16.6. The molecular weight excluding hydrogens is 506 g/mol. The standard InChI is InChI=1S/C28H39N3O6S/c1-36-26-7-9-27(10-8-26)38(34,35)31-14-12-23(21-28(32)33)24(22-31)11-13-30(25-5-3-2-4-6-25)16-15-29-17-19-37-20-18-29/h2-10,23-24H,11-22H2,1H3,(H,32,33). The predicted molar refractivity (Wildman–Crippen MR) is 146 cm³/mol. The minimum absolute atomic E-state index is 0.0533. The quantitative estimate of drug-likeness (QED) is 0.435. The molecule has 4 rings (SSSR count). The monoisotopic (exact) mass is 545 g/mol. The number of rotatable bonds is 12. The number of hydrogen-bond donors (Lipinski definition) is 1. The molecule has 2 atom stereocenters. The van der Waals surface area contributed by atoms with Gasteiger partial charge in [0.25, 0.3) is 0 Å². The molecule has 0 amide bonds. The second-order valence-electron chi connectivity index (χ2n) is 10.0. The largest absolute Gasteiger partial charge is 0.497 e. The van der Waals surface area contributed by atoms with Crippen LogP contribution in [-0.4, -0.2) is 94.8 Å². The second-order valence-corrected chi connectivity index (χ2v) is 11.9. The molecule has 1 N–H and O–H groups in total. The van der Waals surface area contributed by atoms with Crippen molar-refractivity contribution in [2.45, 2.75) is 24.2 Å². The van der Waals surface area contributed by atoms with Crippen molar-refractivity contribution in [3.63, 3.8) is 0 Å². The number of anilines is 1. The molecule has 2 heterocycles. The highest BCUT2D eigenvalue weighted by Gasteiger charge is 2.36. The molecule has 0 spiro atoms. The highest BCUT2D eigenvalue weighted by molar-refractivity contribution is 7.89. The number of para-hydroxylation sites is 1. The summed E-state index contributed by atoms with van der Waals surface area (Å²) in [6, 6.07) is 16.6. The van der Waals surface area contributed by atoms with E-state index in [0.717, 1.165) is 51.6 Å². The van der Waals surface area contributed by atoms with Gasteiger partial charge in [0.2, 0.25) is 10.0 Å². The molecule has 0 saturated carbocycles. The van der Waals surface area contributed by atoms with E-state index in [0.29, 0.717) is 31.7 Å². The van der Waals surface area contributed by atoms with Gasteiger partial charge in [-0.3, -0.25) is 9.69 Å². The number of piperidine rings is 1. The van der Waals surface area contributed by atoms with Gasteiger partial charge in [-0.2, -0.15) is 4.31 Å². The number of benzene rings is 2. The van der Waals surface area contributed by atoms with Gasteiger partial charge in [0.05, 0.1) is 25.2 Å². The van der Waals surface area contributed by atoms with Crippen LogP contribution in [-0.2, 0) is 19.6 Å². The zero-order valence-electron chi connectivity index (χ0n) is 22.1. The minimum atomic E-state index is -3.69. The zero-order chi connectivity index (χ0) is 27.0. The summed E-state index contributed by atoms with van der Waals surface area (Å²) in [5, 5.41) is 9.55. The van der Waals surface area contributed by atoms with Gasteiger partial charge in [-0.25, -0.2) is 8.42 Å². The van der Waals surface area contributed by atoms with Crippen molar-refractivity contribution in [1.29, 1.82) is 0 Å². The molecule has 0 radical (unpaired) electrons. The smallest absolute Gasteiger partial charge is 0.303 e. The van der Waals surface area contributed by atoms with Crippen LogP contribution >= 0.6 is 0 Å². The van der Waals surface area contributed by atoms with Crippen LogP contribution in [0.1, 0.15) is 19.3 Å². The third kappa shape index (κ3) is 7.47. The van der Waals surface area contributed by atoms with E-state index in [1.807, 2.05) is 18.2 Å². The Kier molecular flexibility index (Phi) is 10.0. The van der Waals surface area contributed by atoms with E-state index in [-0.39, 0.29) is 23.2 Å². The van der Waals surface area contributed by atoms with Crippen molar-refractivity contribution < 1.29 is 27.8 Å². The van der Waals surface area contributed by atoms with Crippen molar-refractivity contribution in [3.05, 3.63) is 54.6 Å². The summed E-state index contributed by atoms with van der Waals surface area (Å²) in [6.45, 7) is 6.47. The number of methoxy groups -OCH3 is 1. The van der Waals surface area contributed by atoms with Crippen molar-refractivity contribution in [2.75, 3.05) is 71.0 Å². The Morgan fingerprint density at radius 3 is 2.39 bits per heavy atom. The normalized spacial score (nSPS) is 21.2. The van der Waals surface area contributed by atoms with Crippen LogP contribution in [0.4, 0.5) is 5.69 Å². The number of sulfonamides is 1. The summed E-state index contributed by atoms with van der Waals surface area (Å²) in [6.07, 6.45) is 1.30. The number of carbonyl (C=O) groups is 1. The van der Waals surface area contributed by atoms with Gasteiger partial charge >= 0.3 is 5.97 Å². The molecule has 2 aromatic carbocycles. The lowest BCUT2D eigenvalue weighted by molar-refractivity contribution is -0.138. The average Bonchev–Trinajstić information content (AvgIpc) is 2.94. The van der Waals surface area contributed by atoms with Crippen molar-refractivity contribution in [3.8, 4) is 5.75 Å².